The lowest BCUT2D eigenvalue weighted by molar-refractivity contribution is 0.0936. The SMILES string of the molecule is Cn1cnc(S(=O)(=O)N2CC(NC(=O)c3ccc(Cl)cc3Cl)C(c3ccccc3)C2)c1. The molecule has 1 fully saturated rings. The Bertz CT molecular complexity index is 1210. The Labute approximate surface area is 190 Å². The van der Waals surface area contributed by atoms with Crippen molar-refractivity contribution in [1.82, 2.24) is 19.2 Å². The van der Waals surface area contributed by atoms with Crippen LogP contribution in [0.4, 0.5) is 0 Å². The van der Waals surface area contributed by atoms with Gasteiger partial charge in [0, 0.05) is 37.3 Å². The maximum absolute atomic E-state index is 13.1. The van der Waals surface area contributed by atoms with Crippen molar-refractivity contribution in [2.45, 2.75) is 17.0 Å². The number of carbonyl (C=O) groups excluding carboxylic acids is 1. The first-order valence-electron chi connectivity index (χ1n) is 9.54. The van der Waals surface area contributed by atoms with E-state index in [1.165, 1.54) is 22.9 Å². The van der Waals surface area contributed by atoms with Gasteiger partial charge in [-0.25, -0.2) is 13.4 Å². The zero-order valence-electron chi connectivity index (χ0n) is 16.6. The summed E-state index contributed by atoms with van der Waals surface area (Å²) in [6.45, 7) is 0.345. The van der Waals surface area contributed by atoms with Crippen LogP contribution in [0, 0.1) is 0 Å². The van der Waals surface area contributed by atoms with Gasteiger partial charge in [0.25, 0.3) is 15.9 Å². The van der Waals surface area contributed by atoms with Gasteiger partial charge < -0.3 is 9.88 Å². The number of nitrogens with zero attached hydrogens (tertiary/aromatic N) is 3. The lowest BCUT2D eigenvalue weighted by Gasteiger charge is -2.20. The first-order chi connectivity index (χ1) is 14.8. The molecule has 31 heavy (non-hydrogen) atoms. The molecule has 4 rings (SSSR count). The van der Waals surface area contributed by atoms with E-state index in [1.54, 1.807) is 23.7 Å². The Morgan fingerprint density at radius 1 is 1.13 bits per heavy atom. The van der Waals surface area contributed by atoms with E-state index in [2.05, 4.69) is 10.3 Å². The second-order valence-corrected chi connectivity index (χ2v) is 10.1. The Morgan fingerprint density at radius 3 is 2.52 bits per heavy atom. The fraction of sp³-hybridized carbons (Fsp3) is 0.238. The molecule has 1 N–H and O–H groups in total. The van der Waals surface area contributed by atoms with Gasteiger partial charge in [-0.15, -0.1) is 0 Å². The van der Waals surface area contributed by atoms with Crippen molar-refractivity contribution in [1.29, 1.82) is 0 Å². The largest absolute Gasteiger partial charge is 0.347 e. The maximum Gasteiger partial charge on any atom is 0.262 e. The Morgan fingerprint density at radius 2 is 1.87 bits per heavy atom. The van der Waals surface area contributed by atoms with Crippen molar-refractivity contribution in [2.24, 2.45) is 7.05 Å². The molecule has 1 saturated heterocycles. The van der Waals surface area contributed by atoms with Gasteiger partial charge in [-0.3, -0.25) is 4.79 Å². The third kappa shape index (κ3) is 4.48. The van der Waals surface area contributed by atoms with E-state index in [-0.39, 0.29) is 40.5 Å². The molecule has 3 aromatic rings. The van der Waals surface area contributed by atoms with E-state index in [0.717, 1.165) is 5.56 Å². The summed E-state index contributed by atoms with van der Waals surface area (Å²) in [5, 5.41) is 3.61. The van der Waals surface area contributed by atoms with E-state index in [9.17, 15) is 13.2 Å². The van der Waals surface area contributed by atoms with Gasteiger partial charge in [0.05, 0.1) is 23.0 Å². The van der Waals surface area contributed by atoms with Gasteiger partial charge in [0.1, 0.15) is 0 Å². The molecule has 2 aromatic carbocycles. The smallest absolute Gasteiger partial charge is 0.262 e. The molecule has 162 valence electrons. The average Bonchev–Trinajstić information content (AvgIpc) is 3.36. The first kappa shape index (κ1) is 21.8. The van der Waals surface area contributed by atoms with Crippen LogP contribution in [-0.2, 0) is 17.1 Å². The third-order valence-electron chi connectivity index (χ3n) is 5.29. The number of nitrogens with one attached hydrogen (secondary N) is 1. The van der Waals surface area contributed by atoms with Gasteiger partial charge in [-0.1, -0.05) is 53.5 Å². The first-order valence-corrected chi connectivity index (χ1v) is 11.7. The minimum Gasteiger partial charge on any atom is -0.347 e. The standard InChI is InChI=1S/C21H20Cl2N4O3S/c1-26-12-20(24-13-26)31(29,30)27-10-17(14-5-3-2-4-6-14)19(11-27)25-21(28)16-8-7-15(22)9-18(16)23/h2-9,12-13,17,19H,10-11H2,1H3,(H,25,28). The van der Waals surface area contributed by atoms with E-state index < -0.39 is 16.1 Å². The van der Waals surface area contributed by atoms with Crippen LogP contribution in [-0.4, -0.2) is 47.3 Å². The van der Waals surface area contributed by atoms with Gasteiger partial charge in [0.2, 0.25) is 0 Å². The van der Waals surface area contributed by atoms with Gasteiger partial charge in [0.15, 0.2) is 5.03 Å². The van der Waals surface area contributed by atoms with Crippen molar-refractivity contribution in [2.75, 3.05) is 13.1 Å². The lowest BCUT2D eigenvalue weighted by atomic mass is 9.94. The van der Waals surface area contributed by atoms with E-state index >= 15 is 0 Å². The highest BCUT2D eigenvalue weighted by atomic mass is 35.5. The van der Waals surface area contributed by atoms with Gasteiger partial charge >= 0.3 is 0 Å². The average molecular weight is 479 g/mol. The Balaban J connectivity index is 1.63. The highest BCUT2D eigenvalue weighted by Gasteiger charge is 2.41. The summed E-state index contributed by atoms with van der Waals surface area (Å²) >= 11 is 12.1. The Kier molecular flexibility index (Phi) is 6.07. The number of halogens is 2. The highest BCUT2D eigenvalue weighted by molar-refractivity contribution is 7.89. The zero-order chi connectivity index (χ0) is 22.2. The second kappa shape index (κ2) is 8.63. The molecule has 1 amide bonds. The van der Waals surface area contributed by atoms with Crippen LogP contribution in [0.2, 0.25) is 10.0 Å². The van der Waals surface area contributed by atoms with Crippen LogP contribution in [0.25, 0.3) is 0 Å². The van der Waals surface area contributed by atoms with Crippen molar-refractivity contribution in [3.63, 3.8) is 0 Å². The molecule has 10 heteroatoms. The predicted molar refractivity (Wildman–Crippen MR) is 119 cm³/mol. The van der Waals surface area contributed by atoms with Crippen LogP contribution < -0.4 is 5.32 Å². The monoisotopic (exact) mass is 478 g/mol. The maximum atomic E-state index is 13.1. The van der Waals surface area contributed by atoms with Crippen LogP contribution in [0.3, 0.4) is 0 Å². The van der Waals surface area contributed by atoms with E-state index in [1.807, 2.05) is 30.3 Å². The van der Waals surface area contributed by atoms with Crippen molar-refractivity contribution in [3.8, 4) is 0 Å². The summed E-state index contributed by atoms with van der Waals surface area (Å²) in [5.74, 6) is -0.612. The van der Waals surface area contributed by atoms with Crippen molar-refractivity contribution >= 4 is 39.1 Å². The molecule has 1 aliphatic rings. The molecule has 0 bridgehead atoms. The summed E-state index contributed by atoms with van der Waals surface area (Å²) in [6.07, 6.45) is 2.91. The Hall–Kier alpha value is -2.39. The van der Waals surface area contributed by atoms with E-state index in [4.69, 9.17) is 23.2 Å². The number of imidazole rings is 1. The number of benzene rings is 2. The van der Waals surface area contributed by atoms with Gasteiger partial charge in [-0.2, -0.15) is 4.31 Å². The van der Waals surface area contributed by atoms with Crippen LogP contribution in [0.1, 0.15) is 21.8 Å². The normalized spacial score (nSPS) is 19.5. The minimum atomic E-state index is -3.80. The highest BCUT2D eigenvalue weighted by Crippen LogP contribution is 2.32. The summed E-state index contributed by atoms with van der Waals surface area (Å²) in [6, 6.07) is 13.7. The number of aromatic nitrogens is 2. The number of hydrogen-bond acceptors (Lipinski definition) is 4. The van der Waals surface area contributed by atoms with Crippen LogP contribution in [0.5, 0.6) is 0 Å². The van der Waals surface area contributed by atoms with Crippen LogP contribution >= 0.6 is 23.2 Å². The predicted octanol–water partition coefficient (Wildman–Crippen LogP) is 3.31. The molecule has 0 radical (unpaired) electrons. The molecular weight excluding hydrogens is 459 g/mol. The molecule has 1 aliphatic heterocycles. The molecule has 0 spiro atoms. The molecular formula is C21H20Cl2N4O3S. The molecule has 0 saturated carbocycles. The van der Waals surface area contributed by atoms with E-state index in [0.29, 0.717) is 5.02 Å². The molecule has 2 atom stereocenters. The summed E-state index contributed by atoms with van der Waals surface area (Å²) in [4.78, 5) is 16.9. The fourth-order valence-electron chi connectivity index (χ4n) is 3.72. The fourth-order valence-corrected chi connectivity index (χ4v) is 5.67. The molecule has 7 nitrogen and oxygen atoms in total. The number of rotatable bonds is 5. The minimum absolute atomic E-state index is 0.0190. The molecule has 0 aliphatic carbocycles. The third-order valence-corrected chi connectivity index (χ3v) is 7.56. The number of carbonyl (C=O) groups is 1. The summed E-state index contributed by atoms with van der Waals surface area (Å²) in [7, 11) is -2.09. The summed E-state index contributed by atoms with van der Waals surface area (Å²) < 4.78 is 29.2. The second-order valence-electron chi connectivity index (χ2n) is 7.42. The topological polar surface area (TPSA) is 84.3 Å². The van der Waals surface area contributed by atoms with Crippen molar-refractivity contribution < 1.29 is 13.2 Å². The zero-order valence-corrected chi connectivity index (χ0v) is 18.9. The number of hydrogen-bond donors (Lipinski definition) is 1. The van der Waals surface area contributed by atoms with Crippen molar-refractivity contribution in [3.05, 3.63) is 82.2 Å². The molecule has 1 aromatic heterocycles. The summed E-state index contributed by atoms with van der Waals surface area (Å²) in [5.41, 5.74) is 1.22. The quantitative estimate of drug-likeness (QED) is 0.609. The van der Waals surface area contributed by atoms with Crippen LogP contribution in [0.15, 0.2) is 66.1 Å². The molecule has 2 unspecified atom stereocenters. The number of aryl methyl sites for hydroxylation is 1. The molecule has 2 heterocycles. The number of amides is 1. The number of sulfonamides is 1. The lowest BCUT2D eigenvalue weighted by Crippen LogP contribution is -2.40. The van der Waals surface area contributed by atoms with Gasteiger partial charge in [-0.05, 0) is 23.8 Å².